The van der Waals surface area contributed by atoms with Gasteiger partial charge in [0, 0.05) is 35.8 Å². The van der Waals surface area contributed by atoms with Gasteiger partial charge < -0.3 is 9.88 Å². The van der Waals surface area contributed by atoms with Crippen LogP contribution in [0.3, 0.4) is 0 Å². The second-order valence-corrected chi connectivity index (χ2v) is 7.02. The van der Waals surface area contributed by atoms with Gasteiger partial charge >= 0.3 is 0 Å². The molecule has 2 aromatic rings. The Labute approximate surface area is 144 Å². The van der Waals surface area contributed by atoms with Crippen LogP contribution in [0, 0.1) is 0 Å². The molecule has 1 saturated carbocycles. The molecule has 1 aromatic heterocycles. The number of amides is 1. The highest BCUT2D eigenvalue weighted by Gasteiger charge is 2.16. The average molecular weight is 324 g/mol. The number of para-hydroxylation sites is 1. The van der Waals surface area contributed by atoms with Gasteiger partial charge in [-0.2, -0.15) is 0 Å². The van der Waals surface area contributed by atoms with Crippen LogP contribution in [0.15, 0.2) is 42.1 Å². The van der Waals surface area contributed by atoms with E-state index in [4.69, 9.17) is 0 Å². The maximum absolute atomic E-state index is 12.3. The van der Waals surface area contributed by atoms with Crippen LogP contribution in [-0.2, 0) is 18.3 Å². The van der Waals surface area contributed by atoms with E-state index in [1.54, 1.807) is 0 Å². The fraction of sp³-hybridized carbons (Fsp3) is 0.476. The number of carbonyl (C=O) groups is 1. The number of rotatable bonds is 5. The van der Waals surface area contributed by atoms with Crippen LogP contribution in [0.5, 0.6) is 0 Å². The molecule has 1 heterocycles. The molecule has 0 aliphatic heterocycles. The summed E-state index contributed by atoms with van der Waals surface area (Å²) in [6, 6.07) is 8.87. The largest absolute Gasteiger partial charge is 0.350 e. The number of benzene rings is 1. The zero-order chi connectivity index (χ0) is 16.9. The number of nitrogens with zero attached hydrogens (tertiary/aromatic N) is 1. The Morgan fingerprint density at radius 1 is 1.25 bits per heavy atom. The zero-order valence-corrected chi connectivity index (χ0v) is 14.8. The van der Waals surface area contributed by atoms with E-state index in [1.165, 1.54) is 35.7 Å². The third-order valence-electron chi connectivity index (χ3n) is 5.14. The maximum Gasteiger partial charge on any atom is 0.246 e. The third-order valence-corrected chi connectivity index (χ3v) is 5.14. The molecule has 24 heavy (non-hydrogen) atoms. The van der Waals surface area contributed by atoms with E-state index in [1.807, 2.05) is 6.92 Å². The van der Waals surface area contributed by atoms with Gasteiger partial charge in [0.25, 0.3) is 0 Å². The molecule has 0 atom stereocenters. The number of carbonyl (C=O) groups excluding carboxylic acids is 1. The molecule has 0 unspecified atom stereocenters. The first kappa shape index (κ1) is 16.8. The minimum atomic E-state index is 0.111. The van der Waals surface area contributed by atoms with Crippen molar-refractivity contribution in [1.82, 2.24) is 9.88 Å². The van der Waals surface area contributed by atoms with Crippen LogP contribution in [0.1, 0.15) is 51.0 Å². The van der Waals surface area contributed by atoms with Crippen LogP contribution in [-0.4, -0.2) is 16.5 Å². The summed E-state index contributed by atoms with van der Waals surface area (Å²) in [6.45, 7) is 1.93. The third kappa shape index (κ3) is 3.89. The lowest BCUT2D eigenvalue weighted by Gasteiger charge is -2.22. The van der Waals surface area contributed by atoms with Crippen molar-refractivity contribution in [3.8, 4) is 0 Å². The van der Waals surface area contributed by atoms with Crippen molar-refractivity contribution in [2.24, 2.45) is 7.05 Å². The van der Waals surface area contributed by atoms with Gasteiger partial charge in [0.05, 0.1) is 0 Å². The lowest BCUT2D eigenvalue weighted by Crippen LogP contribution is -2.36. The van der Waals surface area contributed by atoms with Gasteiger partial charge in [-0.1, -0.05) is 43.5 Å². The number of nitrogens with one attached hydrogen (secondary N) is 1. The second-order valence-electron chi connectivity index (χ2n) is 7.02. The quantitative estimate of drug-likeness (QED) is 0.807. The summed E-state index contributed by atoms with van der Waals surface area (Å²) >= 11 is 0. The first-order chi connectivity index (χ1) is 11.6. The van der Waals surface area contributed by atoms with Crippen molar-refractivity contribution in [3.05, 3.63) is 47.7 Å². The Kier molecular flexibility index (Phi) is 5.39. The molecular weight excluding hydrogens is 296 g/mol. The molecule has 3 heteroatoms. The predicted octanol–water partition coefficient (Wildman–Crippen LogP) is 4.51. The topological polar surface area (TPSA) is 34.0 Å². The second kappa shape index (κ2) is 7.69. The van der Waals surface area contributed by atoms with Gasteiger partial charge in [-0.15, -0.1) is 0 Å². The van der Waals surface area contributed by atoms with E-state index >= 15 is 0 Å². The monoisotopic (exact) mass is 324 g/mol. The molecule has 1 aliphatic carbocycles. The van der Waals surface area contributed by atoms with Crippen LogP contribution in [0.2, 0.25) is 0 Å². The van der Waals surface area contributed by atoms with E-state index in [2.05, 4.69) is 53.5 Å². The number of allylic oxidation sites excluding steroid dienone is 1. The Morgan fingerprint density at radius 2 is 2.00 bits per heavy atom. The average Bonchev–Trinajstić information content (AvgIpc) is 2.92. The summed E-state index contributed by atoms with van der Waals surface area (Å²) in [5.74, 6) is 0.111. The molecule has 3 rings (SSSR count). The van der Waals surface area contributed by atoms with Gasteiger partial charge in [0.15, 0.2) is 0 Å². The highest BCUT2D eigenvalue weighted by molar-refractivity contribution is 5.93. The number of fused-ring (bicyclic) bond motifs is 1. The summed E-state index contributed by atoms with van der Waals surface area (Å²) in [4.78, 5) is 12.3. The van der Waals surface area contributed by atoms with Crippen molar-refractivity contribution in [3.63, 3.8) is 0 Å². The number of aryl methyl sites for hydroxylation is 2. The lowest BCUT2D eigenvalue weighted by molar-refractivity contribution is -0.118. The summed E-state index contributed by atoms with van der Waals surface area (Å²) in [5, 5.41) is 4.51. The van der Waals surface area contributed by atoms with Crippen molar-refractivity contribution < 1.29 is 4.79 Å². The number of hydrogen-bond acceptors (Lipinski definition) is 1. The molecule has 1 N–H and O–H groups in total. The van der Waals surface area contributed by atoms with E-state index in [9.17, 15) is 4.79 Å². The maximum atomic E-state index is 12.3. The first-order valence-electron chi connectivity index (χ1n) is 9.15. The molecule has 3 nitrogen and oxygen atoms in total. The molecular formula is C21H28N2O. The SMILES string of the molecule is CC(=CCCc1cn(C)c2ccccc12)C(=O)NC1CCCCC1. The van der Waals surface area contributed by atoms with Gasteiger partial charge in [-0.3, -0.25) is 4.79 Å². The number of hydrogen-bond donors (Lipinski definition) is 1. The molecule has 1 aliphatic rings. The molecule has 128 valence electrons. The molecule has 1 amide bonds. The highest BCUT2D eigenvalue weighted by atomic mass is 16.1. The Bertz CT molecular complexity index is 735. The van der Waals surface area contributed by atoms with Crippen LogP contribution < -0.4 is 5.32 Å². The van der Waals surface area contributed by atoms with Gasteiger partial charge in [0.1, 0.15) is 0 Å². The lowest BCUT2D eigenvalue weighted by atomic mass is 9.95. The van der Waals surface area contributed by atoms with Crippen molar-refractivity contribution in [1.29, 1.82) is 0 Å². The van der Waals surface area contributed by atoms with E-state index in [-0.39, 0.29) is 5.91 Å². The molecule has 1 fully saturated rings. The first-order valence-corrected chi connectivity index (χ1v) is 9.15. The molecule has 1 aromatic carbocycles. The van der Waals surface area contributed by atoms with E-state index in [0.29, 0.717) is 6.04 Å². The Morgan fingerprint density at radius 3 is 2.79 bits per heavy atom. The summed E-state index contributed by atoms with van der Waals surface area (Å²) in [6.07, 6.45) is 12.2. The number of aromatic nitrogens is 1. The fourth-order valence-electron chi connectivity index (χ4n) is 3.71. The zero-order valence-electron chi connectivity index (χ0n) is 14.8. The van der Waals surface area contributed by atoms with Crippen molar-refractivity contribution in [2.45, 2.75) is 57.9 Å². The van der Waals surface area contributed by atoms with Crippen LogP contribution in [0.4, 0.5) is 0 Å². The Balaban J connectivity index is 1.57. The molecule has 0 spiro atoms. The van der Waals surface area contributed by atoms with Crippen molar-refractivity contribution >= 4 is 16.8 Å². The van der Waals surface area contributed by atoms with Gasteiger partial charge in [0.2, 0.25) is 5.91 Å². The molecule has 0 bridgehead atoms. The predicted molar refractivity (Wildman–Crippen MR) is 100 cm³/mol. The van der Waals surface area contributed by atoms with E-state index in [0.717, 1.165) is 31.3 Å². The summed E-state index contributed by atoms with van der Waals surface area (Å²) < 4.78 is 2.18. The highest BCUT2D eigenvalue weighted by Crippen LogP contribution is 2.22. The van der Waals surface area contributed by atoms with Crippen LogP contribution in [0.25, 0.3) is 10.9 Å². The van der Waals surface area contributed by atoms with Gasteiger partial charge in [-0.25, -0.2) is 0 Å². The summed E-state index contributed by atoms with van der Waals surface area (Å²) in [7, 11) is 2.09. The van der Waals surface area contributed by atoms with Crippen molar-refractivity contribution in [2.75, 3.05) is 0 Å². The van der Waals surface area contributed by atoms with E-state index < -0.39 is 0 Å². The minimum Gasteiger partial charge on any atom is -0.350 e. The fourth-order valence-corrected chi connectivity index (χ4v) is 3.71. The normalized spacial score (nSPS) is 16.5. The molecule has 0 saturated heterocycles. The standard InChI is InChI=1S/C21H28N2O/c1-16(21(24)22-18-11-4-3-5-12-18)9-8-10-17-15-23(2)20-14-7-6-13-19(17)20/h6-7,9,13-15,18H,3-5,8,10-12H2,1-2H3,(H,22,24). The summed E-state index contributed by atoms with van der Waals surface area (Å²) in [5.41, 5.74) is 3.47. The Hall–Kier alpha value is -2.03. The van der Waals surface area contributed by atoms with Crippen LogP contribution >= 0.6 is 0 Å². The smallest absolute Gasteiger partial charge is 0.246 e. The molecule has 0 radical (unpaired) electrons. The van der Waals surface area contributed by atoms with Gasteiger partial charge in [-0.05, 0) is 44.2 Å². The minimum absolute atomic E-state index is 0.111.